The van der Waals surface area contributed by atoms with E-state index in [4.69, 9.17) is 29.9 Å². The Morgan fingerprint density at radius 1 is 1.23 bits per heavy atom. The number of nitrogens with zero attached hydrogens (tertiary/aromatic N) is 3. The molecular formula is C25H25N5O5. The van der Waals surface area contributed by atoms with Crippen LogP contribution in [0.25, 0.3) is 11.3 Å². The highest BCUT2D eigenvalue weighted by molar-refractivity contribution is 5.75. The molecule has 3 aromatic rings. The third-order valence-corrected chi connectivity index (χ3v) is 5.28. The molecule has 1 amide bonds. The van der Waals surface area contributed by atoms with Gasteiger partial charge in [-0.2, -0.15) is 5.26 Å². The molecule has 35 heavy (non-hydrogen) atoms. The van der Waals surface area contributed by atoms with Gasteiger partial charge in [-0.25, -0.2) is 9.97 Å². The van der Waals surface area contributed by atoms with Crippen molar-refractivity contribution in [3.05, 3.63) is 54.7 Å². The molecule has 1 fully saturated rings. The van der Waals surface area contributed by atoms with Crippen molar-refractivity contribution in [2.45, 2.75) is 25.0 Å². The third kappa shape index (κ3) is 6.37. The summed E-state index contributed by atoms with van der Waals surface area (Å²) in [7, 11) is 1.51. The standard InChI is InChI=1S/C25H25N5O5/c1-32-22-7-4-17(12-23(22)34-15-24(27)31)29-25-28-10-8-21(30-25)16-2-5-18(6-3-16)35-19-9-11-33-20(13-19)14-26/h2-8,10,12,19-20H,9,11,13,15H2,1H3,(H2,27,31)(H,28,29,30). The molecule has 180 valence electrons. The number of anilines is 2. The van der Waals surface area contributed by atoms with Gasteiger partial charge in [-0.1, -0.05) is 0 Å². The van der Waals surface area contributed by atoms with E-state index in [1.54, 1.807) is 24.4 Å². The minimum Gasteiger partial charge on any atom is -0.493 e. The van der Waals surface area contributed by atoms with E-state index >= 15 is 0 Å². The van der Waals surface area contributed by atoms with Crippen LogP contribution in [0, 0.1) is 11.3 Å². The summed E-state index contributed by atoms with van der Waals surface area (Å²) < 4.78 is 22.1. The second kappa shape index (κ2) is 11.2. The second-order valence-corrected chi connectivity index (χ2v) is 7.79. The number of nitrogens with two attached hydrogens (primary N) is 1. The number of rotatable bonds is 9. The molecular weight excluding hydrogens is 450 g/mol. The Hall–Kier alpha value is -4.36. The number of hydrogen-bond acceptors (Lipinski definition) is 9. The van der Waals surface area contributed by atoms with Gasteiger partial charge in [0.05, 0.1) is 25.5 Å². The summed E-state index contributed by atoms with van der Waals surface area (Å²) in [6.45, 7) is 0.254. The summed E-state index contributed by atoms with van der Waals surface area (Å²) in [4.78, 5) is 19.9. The minimum atomic E-state index is -0.586. The molecule has 0 aliphatic carbocycles. The Labute approximate surface area is 202 Å². The Morgan fingerprint density at radius 3 is 2.80 bits per heavy atom. The summed E-state index contributed by atoms with van der Waals surface area (Å²) in [5.74, 6) is 1.37. The molecule has 3 N–H and O–H groups in total. The fraction of sp³-hybridized carbons (Fsp3) is 0.280. The summed E-state index contributed by atoms with van der Waals surface area (Å²) in [5, 5.41) is 12.2. The smallest absolute Gasteiger partial charge is 0.255 e. The second-order valence-electron chi connectivity index (χ2n) is 7.79. The number of primary amides is 1. The molecule has 10 nitrogen and oxygen atoms in total. The van der Waals surface area contributed by atoms with Crippen molar-refractivity contribution in [1.82, 2.24) is 9.97 Å². The normalized spacial score (nSPS) is 17.1. The SMILES string of the molecule is COc1ccc(Nc2nccc(-c3ccc(OC4CCOC(C#N)C4)cc3)n2)cc1OCC(N)=O. The Kier molecular flexibility index (Phi) is 7.60. The number of carbonyl (C=O) groups excluding carboxylic acids is 1. The van der Waals surface area contributed by atoms with E-state index in [0.29, 0.717) is 36.2 Å². The molecule has 0 spiro atoms. The van der Waals surface area contributed by atoms with Crippen LogP contribution in [-0.2, 0) is 9.53 Å². The van der Waals surface area contributed by atoms with Gasteiger partial charge in [-0.05, 0) is 42.5 Å². The number of carbonyl (C=O) groups is 1. The first-order valence-corrected chi connectivity index (χ1v) is 11.0. The van der Waals surface area contributed by atoms with Crippen LogP contribution in [0.2, 0.25) is 0 Å². The monoisotopic (exact) mass is 475 g/mol. The zero-order valence-corrected chi connectivity index (χ0v) is 19.1. The summed E-state index contributed by atoms with van der Waals surface area (Å²) >= 11 is 0. The lowest BCUT2D eigenvalue weighted by Gasteiger charge is -2.26. The number of benzene rings is 2. The van der Waals surface area contributed by atoms with Gasteiger partial charge in [-0.15, -0.1) is 0 Å². The average Bonchev–Trinajstić information content (AvgIpc) is 2.88. The highest BCUT2D eigenvalue weighted by atomic mass is 16.5. The van der Waals surface area contributed by atoms with E-state index in [2.05, 4.69) is 21.4 Å². The number of nitriles is 1. The maximum absolute atomic E-state index is 11.1. The molecule has 2 heterocycles. The Bertz CT molecular complexity index is 1210. The van der Waals surface area contributed by atoms with Crippen LogP contribution in [0.5, 0.6) is 17.2 Å². The molecule has 0 bridgehead atoms. The number of amides is 1. The lowest BCUT2D eigenvalue weighted by atomic mass is 10.1. The molecule has 4 rings (SSSR count). The van der Waals surface area contributed by atoms with Crippen molar-refractivity contribution in [1.29, 1.82) is 5.26 Å². The van der Waals surface area contributed by atoms with Gasteiger partial charge >= 0.3 is 0 Å². The first kappa shape index (κ1) is 23.8. The van der Waals surface area contributed by atoms with Crippen molar-refractivity contribution in [3.8, 4) is 34.6 Å². The largest absolute Gasteiger partial charge is 0.493 e. The predicted octanol–water partition coefficient (Wildman–Crippen LogP) is 3.21. The van der Waals surface area contributed by atoms with E-state index in [9.17, 15) is 4.79 Å². The van der Waals surface area contributed by atoms with Gasteiger partial charge in [0.1, 0.15) is 18.0 Å². The van der Waals surface area contributed by atoms with Crippen molar-refractivity contribution >= 4 is 17.5 Å². The van der Waals surface area contributed by atoms with Gasteiger partial charge in [0.15, 0.2) is 18.1 Å². The molecule has 0 saturated carbocycles. The molecule has 2 atom stereocenters. The maximum Gasteiger partial charge on any atom is 0.255 e. The summed E-state index contributed by atoms with van der Waals surface area (Å²) in [6, 6.07) is 16.7. The lowest BCUT2D eigenvalue weighted by Crippen LogP contribution is -2.31. The summed E-state index contributed by atoms with van der Waals surface area (Å²) in [6.07, 6.45) is 2.50. The van der Waals surface area contributed by atoms with Gasteiger partial charge < -0.3 is 30.0 Å². The highest BCUT2D eigenvalue weighted by Gasteiger charge is 2.23. The summed E-state index contributed by atoms with van der Waals surface area (Å²) in [5.41, 5.74) is 7.44. The van der Waals surface area contributed by atoms with Gasteiger partial charge in [0.2, 0.25) is 5.95 Å². The highest BCUT2D eigenvalue weighted by Crippen LogP contribution is 2.31. The number of ether oxygens (including phenoxy) is 4. The van der Waals surface area contributed by atoms with Crippen LogP contribution in [0.1, 0.15) is 12.8 Å². The van der Waals surface area contributed by atoms with Crippen LogP contribution >= 0.6 is 0 Å². The fourth-order valence-electron chi connectivity index (χ4n) is 3.59. The molecule has 1 aliphatic rings. The van der Waals surface area contributed by atoms with E-state index < -0.39 is 12.0 Å². The zero-order valence-electron chi connectivity index (χ0n) is 19.1. The topological polar surface area (TPSA) is 142 Å². The van der Waals surface area contributed by atoms with E-state index in [-0.39, 0.29) is 12.7 Å². The molecule has 10 heteroatoms. The number of methoxy groups -OCH3 is 1. The average molecular weight is 476 g/mol. The quantitative estimate of drug-likeness (QED) is 0.477. The Morgan fingerprint density at radius 2 is 2.06 bits per heavy atom. The van der Waals surface area contributed by atoms with Crippen molar-refractivity contribution < 1.29 is 23.7 Å². The minimum absolute atomic E-state index is 0.0459. The van der Waals surface area contributed by atoms with Gasteiger partial charge in [-0.3, -0.25) is 4.79 Å². The molecule has 2 unspecified atom stereocenters. The number of nitrogens with one attached hydrogen (secondary N) is 1. The van der Waals surface area contributed by atoms with E-state index in [1.165, 1.54) is 7.11 Å². The van der Waals surface area contributed by atoms with Crippen molar-refractivity contribution in [2.75, 3.05) is 25.6 Å². The Balaban J connectivity index is 1.44. The van der Waals surface area contributed by atoms with E-state index in [0.717, 1.165) is 23.4 Å². The van der Waals surface area contributed by atoms with Gasteiger partial charge in [0, 0.05) is 36.4 Å². The number of aromatic nitrogens is 2. The van der Waals surface area contributed by atoms with Crippen LogP contribution in [0.3, 0.4) is 0 Å². The van der Waals surface area contributed by atoms with Crippen molar-refractivity contribution in [2.24, 2.45) is 5.73 Å². The van der Waals surface area contributed by atoms with Crippen LogP contribution in [0.4, 0.5) is 11.6 Å². The first-order chi connectivity index (χ1) is 17.0. The molecule has 1 aliphatic heterocycles. The number of hydrogen-bond donors (Lipinski definition) is 2. The predicted molar refractivity (Wildman–Crippen MR) is 127 cm³/mol. The zero-order chi connectivity index (χ0) is 24.6. The van der Waals surface area contributed by atoms with E-state index in [1.807, 2.05) is 30.3 Å². The molecule has 1 aromatic heterocycles. The molecule has 1 saturated heterocycles. The third-order valence-electron chi connectivity index (χ3n) is 5.28. The van der Waals surface area contributed by atoms with Crippen LogP contribution < -0.4 is 25.3 Å². The molecule has 2 aromatic carbocycles. The van der Waals surface area contributed by atoms with Gasteiger partial charge in [0.25, 0.3) is 5.91 Å². The fourth-order valence-corrected chi connectivity index (χ4v) is 3.59. The maximum atomic E-state index is 11.1. The molecule has 0 radical (unpaired) electrons. The lowest BCUT2D eigenvalue weighted by molar-refractivity contribution is -0.119. The first-order valence-electron chi connectivity index (χ1n) is 11.0. The van der Waals surface area contributed by atoms with Crippen LogP contribution in [-0.4, -0.2) is 48.4 Å². The van der Waals surface area contributed by atoms with Crippen molar-refractivity contribution in [3.63, 3.8) is 0 Å². The van der Waals surface area contributed by atoms with Crippen LogP contribution in [0.15, 0.2) is 54.7 Å².